The largest absolute Gasteiger partial charge is 0.482 e. The fourth-order valence-corrected chi connectivity index (χ4v) is 4.08. The Kier molecular flexibility index (Phi) is 8.35. The van der Waals surface area contributed by atoms with Crippen molar-refractivity contribution in [2.24, 2.45) is 12.8 Å². The summed E-state index contributed by atoms with van der Waals surface area (Å²) < 4.78 is 11.7. The van der Waals surface area contributed by atoms with E-state index in [1.165, 1.54) is 10.8 Å². The molecule has 15 heteroatoms. The molecule has 2 aromatic carbocycles. The van der Waals surface area contributed by atoms with E-state index < -0.39 is 11.9 Å². The molecule has 2 amide bonds. The van der Waals surface area contributed by atoms with Crippen LogP contribution in [0.25, 0.3) is 22.1 Å². The Morgan fingerprint density at radius 1 is 1.15 bits per heavy atom. The van der Waals surface area contributed by atoms with Gasteiger partial charge in [0.2, 0.25) is 0 Å². The summed E-state index contributed by atoms with van der Waals surface area (Å²) in [6.45, 7) is 0.622. The van der Waals surface area contributed by atoms with Crippen LogP contribution in [0.5, 0.6) is 5.75 Å². The van der Waals surface area contributed by atoms with Crippen LogP contribution in [-0.2, 0) is 24.9 Å². The van der Waals surface area contributed by atoms with Crippen LogP contribution in [-0.4, -0.2) is 49.0 Å². The number of oxazole rings is 1. The van der Waals surface area contributed by atoms with E-state index in [4.69, 9.17) is 20.0 Å². The molecule has 5 aromatic rings. The third kappa shape index (κ3) is 5.88. The van der Waals surface area contributed by atoms with Crippen molar-refractivity contribution in [3.63, 3.8) is 0 Å². The molecule has 0 spiro atoms. The van der Waals surface area contributed by atoms with E-state index in [1.807, 2.05) is 12.1 Å². The number of carboxylic acids is 1. The number of hydrogen-bond donors (Lipinski definition) is 5. The molecule has 0 radical (unpaired) electrons. The number of aromatic amines is 1. The van der Waals surface area contributed by atoms with Gasteiger partial charge in [0.15, 0.2) is 17.9 Å². The lowest BCUT2D eigenvalue weighted by molar-refractivity contribution is -0.118. The average Bonchev–Trinajstić information content (AvgIpc) is 3.52. The third-order valence-corrected chi connectivity index (χ3v) is 6.13. The molecule has 41 heavy (non-hydrogen) atoms. The lowest BCUT2D eigenvalue weighted by Crippen LogP contribution is -2.26. The number of carbonyl (C=O) groups excluding carboxylic acids is 2. The van der Waals surface area contributed by atoms with Gasteiger partial charge in [-0.25, -0.2) is 19.6 Å². The fourth-order valence-electron chi connectivity index (χ4n) is 4.08. The molecule has 4 heterocycles. The van der Waals surface area contributed by atoms with Gasteiger partial charge >= 0.3 is 11.7 Å². The number of aromatic carboxylic acids is 1. The number of nitrogens with zero attached hydrogens (tertiary/aromatic N) is 3. The smallest absolute Gasteiger partial charge is 0.419 e. The maximum atomic E-state index is 12.5. The van der Waals surface area contributed by atoms with E-state index in [1.54, 1.807) is 31.3 Å². The quantitative estimate of drug-likeness (QED) is 0.204. The van der Waals surface area contributed by atoms with Gasteiger partial charge in [0, 0.05) is 26.3 Å². The summed E-state index contributed by atoms with van der Waals surface area (Å²) in [7, 11) is 1.68. The number of aryl methyl sites for hydroxylation is 1. The molecule has 212 valence electrons. The van der Waals surface area contributed by atoms with Crippen molar-refractivity contribution in [1.29, 1.82) is 0 Å². The number of aromatic nitrogens is 4. The highest BCUT2D eigenvalue weighted by atomic mass is 35.5. The summed E-state index contributed by atoms with van der Waals surface area (Å²) in [5, 5.41) is 14.6. The zero-order valence-corrected chi connectivity index (χ0v) is 22.3. The topological polar surface area (TPSA) is 207 Å². The summed E-state index contributed by atoms with van der Waals surface area (Å²) in [6, 6.07) is 10.7. The van der Waals surface area contributed by atoms with Crippen molar-refractivity contribution in [1.82, 2.24) is 24.8 Å². The van der Waals surface area contributed by atoms with Crippen LogP contribution >= 0.6 is 12.4 Å². The summed E-state index contributed by atoms with van der Waals surface area (Å²) in [5.41, 5.74) is 9.56. The molecule has 0 saturated carbocycles. The maximum Gasteiger partial charge on any atom is 0.419 e. The molecule has 14 nitrogen and oxygen atoms in total. The van der Waals surface area contributed by atoms with Crippen molar-refractivity contribution >= 4 is 58.0 Å². The maximum absolute atomic E-state index is 12.5. The number of carboxylic acid groups (broad SMARTS) is 1. The molecule has 0 bridgehead atoms. The normalized spacial score (nSPS) is 11.9. The number of rotatable bonds is 5. The van der Waals surface area contributed by atoms with Gasteiger partial charge in [-0.2, -0.15) is 0 Å². The number of H-pyrrole nitrogens is 1. The summed E-state index contributed by atoms with van der Waals surface area (Å²) in [4.78, 5) is 56.8. The van der Waals surface area contributed by atoms with Crippen LogP contribution < -0.4 is 26.9 Å². The van der Waals surface area contributed by atoms with E-state index >= 15 is 0 Å². The zero-order valence-electron chi connectivity index (χ0n) is 21.5. The SMILES string of the molecule is Cl.Cn1c(=O)oc2ccc(CN)cc21.O=C1COc2ccc(CNC(=O)c3ncnc4c(C(=O)O)c[nH]c34)cc2N1. The summed E-state index contributed by atoms with van der Waals surface area (Å²) >= 11 is 0. The van der Waals surface area contributed by atoms with Gasteiger partial charge in [0.25, 0.3) is 11.8 Å². The average molecular weight is 582 g/mol. The summed E-state index contributed by atoms with van der Waals surface area (Å²) in [5.74, 6) is -1.66. The van der Waals surface area contributed by atoms with Crippen molar-refractivity contribution in [3.8, 4) is 5.75 Å². The molecule has 3 aromatic heterocycles. The van der Waals surface area contributed by atoms with Crippen LogP contribution in [0.1, 0.15) is 32.0 Å². The molecule has 1 aliphatic rings. The number of halogens is 1. The van der Waals surface area contributed by atoms with Crippen molar-refractivity contribution < 1.29 is 28.6 Å². The van der Waals surface area contributed by atoms with Gasteiger partial charge in [-0.3, -0.25) is 14.2 Å². The third-order valence-electron chi connectivity index (χ3n) is 6.13. The monoisotopic (exact) mass is 581 g/mol. The predicted octanol–water partition coefficient (Wildman–Crippen LogP) is 1.93. The first kappa shape index (κ1) is 28.8. The Morgan fingerprint density at radius 3 is 2.68 bits per heavy atom. The minimum absolute atomic E-state index is 0. The Morgan fingerprint density at radius 2 is 1.93 bits per heavy atom. The second-order valence-corrected chi connectivity index (χ2v) is 8.74. The molecule has 0 fully saturated rings. The molecule has 0 unspecified atom stereocenters. The van der Waals surface area contributed by atoms with Gasteiger partial charge in [0.05, 0.1) is 16.7 Å². The zero-order chi connectivity index (χ0) is 28.4. The van der Waals surface area contributed by atoms with E-state index in [9.17, 15) is 19.2 Å². The highest BCUT2D eigenvalue weighted by Gasteiger charge is 2.20. The lowest BCUT2D eigenvalue weighted by atomic mass is 10.1. The number of benzene rings is 2. The molecule has 6 N–H and O–H groups in total. The van der Waals surface area contributed by atoms with Crippen LogP contribution in [0.3, 0.4) is 0 Å². The first-order valence-corrected chi connectivity index (χ1v) is 11.9. The number of hydrogen-bond acceptors (Lipinski definition) is 9. The first-order chi connectivity index (χ1) is 19.2. The Labute approximate surface area is 236 Å². The number of nitrogens with one attached hydrogen (secondary N) is 3. The Hall–Kier alpha value is -5.21. The summed E-state index contributed by atoms with van der Waals surface area (Å²) in [6.07, 6.45) is 2.41. The number of fused-ring (bicyclic) bond motifs is 3. The van der Waals surface area contributed by atoms with Gasteiger partial charge in [0.1, 0.15) is 23.2 Å². The van der Waals surface area contributed by atoms with E-state index in [2.05, 4.69) is 25.6 Å². The van der Waals surface area contributed by atoms with Crippen molar-refractivity contribution in [3.05, 3.63) is 81.9 Å². The lowest BCUT2D eigenvalue weighted by Gasteiger charge is -2.18. The van der Waals surface area contributed by atoms with Gasteiger partial charge in [-0.1, -0.05) is 12.1 Å². The van der Waals surface area contributed by atoms with Crippen molar-refractivity contribution in [2.45, 2.75) is 13.1 Å². The Balaban J connectivity index is 0.000000233. The van der Waals surface area contributed by atoms with Crippen LogP contribution in [0.4, 0.5) is 5.69 Å². The van der Waals surface area contributed by atoms with Gasteiger partial charge in [-0.15, -0.1) is 12.4 Å². The van der Waals surface area contributed by atoms with Crippen LogP contribution in [0.2, 0.25) is 0 Å². The second kappa shape index (κ2) is 11.9. The molecule has 6 rings (SSSR count). The number of nitrogens with two attached hydrogens (primary N) is 1. The highest BCUT2D eigenvalue weighted by Crippen LogP contribution is 2.28. The Bertz CT molecular complexity index is 1840. The molecule has 0 aliphatic carbocycles. The number of anilines is 1. The highest BCUT2D eigenvalue weighted by molar-refractivity contribution is 6.08. The minimum atomic E-state index is -1.15. The van der Waals surface area contributed by atoms with Crippen molar-refractivity contribution in [2.75, 3.05) is 11.9 Å². The first-order valence-electron chi connectivity index (χ1n) is 11.9. The molecular formula is C26H24ClN7O7. The van der Waals surface area contributed by atoms with Gasteiger partial charge in [-0.05, 0) is 35.4 Å². The predicted molar refractivity (Wildman–Crippen MR) is 149 cm³/mol. The van der Waals surface area contributed by atoms with E-state index in [0.29, 0.717) is 23.6 Å². The molecule has 1 aliphatic heterocycles. The van der Waals surface area contributed by atoms with E-state index in [0.717, 1.165) is 23.0 Å². The standard InChI is InChI=1S/C17H13N5O5.C9H10N2O2.ClH/c23-12-6-27-11-2-1-8(3-10(11)22-12)4-19-16(24)15-14-13(20-7-21-15)9(5-18-14)17(25)26;1-11-7-4-6(5-10)2-3-8(7)13-9(11)12;/h1-3,5,7,18H,4,6H2,(H,19,24)(H,22,23)(H,25,26);2-4H,5,10H2,1H3;1H. The van der Waals surface area contributed by atoms with Crippen LogP contribution in [0.15, 0.2) is 58.1 Å². The van der Waals surface area contributed by atoms with E-state index in [-0.39, 0.29) is 59.5 Å². The van der Waals surface area contributed by atoms with Crippen LogP contribution in [0, 0.1) is 0 Å². The molecule has 0 saturated heterocycles. The molecule has 0 atom stereocenters. The van der Waals surface area contributed by atoms with Gasteiger partial charge < -0.3 is 35.6 Å². The number of amides is 2. The minimum Gasteiger partial charge on any atom is -0.482 e. The number of ether oxygens (including phenoxy) is 1. The second-order valence-electron chi connectivity index (χ2n) is 8.74. The molecular weight excluding hydrogens is 558 g/mol. The fraction of sp³-hybridized carbons (Fsp3) is 0.154. The number of carbonyl (C=O) groups is 3.